The van der Waals surface area contributed by atoms with Gasteiger partial charge in [0.15, 0.2) is 5.82 Å². The molecule has 25 heavy (non-hydrogen) atoms. The van der Waals surface area contributed by atoms with E-state index in [9.17, 15) is 9.90 Å². The summed E-state index contributed by atoms with van der Waals surface area (Å²) in [5.74, 6) is 2.64. The van der Waals surface area contributed by atoms with Crippen LogP contribution in [-0.4, -0.2) is 33.4 Å². The highest BCUT2D eigenvalue weighted by molar-refractivity contribution is 5.96. The Balaban J connectivity index is 1.59. The molecule has 2 N–H and O–H groups in total. The van der Waals surface area contributed by atoms with Crippen LogP contribution in [0.5, 0.6) is 0 Å². The zero-order valence-corrected chi connectivity index (χ0v) is 15.0. The van der Waals surface area contributed by atoms with Gasteiger partial charge in [-0.15, -0.1) is 0 Å². The molecule has 0 aromatic carbocycles. The van der Waals surface area contributed by atoms with Crippen LogP contribution < -0.4 is 5.32 Å². The molecule has 1 amide bonds. The Hall–Kier alpha value is -2.08. The Morgan fingerprint density at radius 1 is 1.32 bits per heavy atom. The molecule has 2 aromatic heterocycles. The molecule has 134 valence electrons. The topological polar surface area (TPSA) is 80.3 Å². The third-order valence-corrected chi connectivity index (χ3v) is 6.12. The van der Waals surface area contributed by atoms with Gasteiger partial charge in [0.25, 0.3) is 5.91 Å². The Kier molecular flexibility index (Phi) is 3.95. The molecule has 4 rings (SSSR count). The normalized spacial score (nSPS) is 27.8. The first kappa shape index (κ1) is 16.4. The van der Waals surface area contributed by atoms with E-state index in [1.165, 1.54) is 6.42 Å². The quantitative estimate of drug-likeness (QED) is 0.894. The SMILES string of the molecule is Cc1cc(-n2c(C)cc(C(=O)NC3C4CCC(C4)C3CO)c2C)no1. The van der Waals surface area contributed by atoms with E-state index in [2.05, 4.69) is 10.5 Å². The first-order chi connectivity index (χ1) is 12.0. The molecular formula is C19H25N3O3. The third-order valence-electron chi connectivity index (χ3n) is 6.12. The van der Waals surface area contributed by atoms with Gasteiger partial charge < -0.3 is 14.9 Å². The van der Waals surface area contributed by atoms with Crippen LogP contribution in [0.1, 0.15) is 46.8 Å². The number of fused-ring (bicyclic) bond motifs is 2. The number of hydrogen-bond donors (Lipinski definition) is 2. The lowest BCUT2D eigenvalue weighted by Crippen LogP contribution is -2.45. The van der Waals surface area contributed by atoms with Gasteiger partial charge >= 0.3 is 0 Å². The highest BCUT2D eigenvalue weighted by Crippen LogP contribution is 2.48. The van der Waals surface area contributed by atoms with Crippen LogP contribution >= 0.6 is 0 Å². The van der Waals surface area contributed by atoms with E-state index in [4.69, 9.17) is 4.52 Å². The van der Waals surface area contributed by atoms with Crippen LogP contribution in [0, 0.1) is 38.5 Å². The molecule has 4 atom stereocenters. The summed E-state index contributed by atoms with van der Waals surface area (Å²) in [7, 11) is 0. The first-order valence-electron chi connectivity index (χ1n) is 9.04. The van der Waals surface area contributed by atoms with E-state index >= 15 is 0 Å². The summed E-state index contributed by atoms with van der Waals surface area (Å²) in [5, 5.41) is 17.0. The summed E-state index contributed by atoms with van der Waals surface area (Å²) in [5.41, 5.74) is 2.47. The molecule has 6 heteroatoms. The molecule has 2 heterocycles. The molecule has 6 nitrogen and oxygen atoms in total. The van der Waals surface area contributed by atoms with Gasteiger partial charge in [0, 0.05) is 36.0 Å². The maximum absolute atomic E-state index is 12.9. The first-order valence-corrected chi connectivity index (χ1v) is 9.04. The molecule has 2 aliphatic carbocycles. The fraction of sp³-hybridized carbons (Fsp3) is 0.579. The van der Waals surface area contributed by atoms with Gasteiger partial charge in [-0.3, -0.25) is 9.36 Å². The van der Waals surface area contributed by atoms with Crippen LogP contribution in [0.25, 0.3) is 5.82 Å². The van der Waals surface area contributed by atoms with Gasteiger partial charge in [-0.1, -0.05) is 5.16 Å². The number of aryl methyl sites for hydroxylation is 2. The maximum atomic E-state index is 12.9. The van der Waals surface area contributed by atoms with E-state index in [1.807, 2.05) is 37.5 Å². The number of rotatable bonds is 4. The number of nitrogens with one attached hydrogen (secondary N) is 1. The predicted molar refractivity (Wildman–Crippen MR) is 92.7 cm³/mol. The van der Waals surface area contributed by atoms with Crippen molar-refractivity contribution in [2.75, 3.05) is 6.61 Å². The molecule has 0 spiro atoms. The lowest BCUT2D eigenvalue weighted by Gasteiger charge is -2.30. The number of carbonyl (C=O) groups excluding carboxylic acids is 1. The summed E-state index contributed by atoms with van der Waals surface area (Å²) in [6.45, 7) is 5.89. The van der Waals surface area contributed by atoms with Crippen molar-refractivity contribution in [3.05, 3.63) is 34.8 Å². The Bertz CT molecular complexity index is 807. The number of aromatic nitrogens is 2. The summed E-state index contributed by atoms with van der Waals surface area (Å²) in [6.07, 6.45) is 3.47. The highest BCUT2D eigenvalue weighted by Gasteiger charge is 2.47. The van der Waals surface area contributed by atoms with Crippen LogP contribution in [0.3, 0.4) is 0 Å². The average Bonchev–Trinajstić information content (AvgIpc) is 3.32. The molecule has 2 fully saturated rings. The molecular weight excluding hydrogens is 318 g/mol. The van der Waals surface area contributed by atoms with Crippen molar-refractivity contribution in [3.8, 4) is 5.82 Å². The van der Waals surface area contributed by atoms with E-state index in [0.717, 1.165) is 30.0 Å². The lowest BCUT2D eigenvalue weighted by molar-refractivity contribution is 0.0861. The Morgan fingerprint density at radius 3 is 2.76 bits per heavy atom. The largest absolute Gasteiger partial charge is 0.396 e. The van der Waals surface area contributed by atoms with Crippen LogP contribution in [0.15, 0.2) is 16.7 Å². The van der Waals surface area contributed by atoms with Gasteiger partial charge in [0.05, 0.1) is 5.56 Å². The highest BCUT2D eigenvalue weighted by atomic mass is 16.5. The lowest BCUT2D eigenvalue weighted by atomic mass is 9.85. The number of hydrogen-bond acceptors (Lipinski definition) is 4. The molecule has 2 aliphatic rings. The van der Waals surface area contributed by atoms with E-state index in [1.54, 1.807) is 0 Å². The second kappa shape index (κ2) is 6.02. The number of aliphatic hydroxyl groups is 1. The smallest absolute Gasteiger partial charge is 0.253 e. The summed E-state index contributed by atoms with van der Waals surface area (Å²) in [6, 6.07) is 3.85. The Labute approximate surface area is 147 Å². The summed E-state index contributed by atoms with van der Waals surface area (Å²) in [4.78, 5) is 12.9. The molecule has 2 aromatic rings. The van der Waals surface area contributed by atoms with Crippen molar-refractivity contribution >= 4 is 5.91 Å². The van der Waals surface area contributed by atoms with Gasteiger partial charge in [-0.25, -0.2) is 0 Å². The minimum absolute atomic E-state index is 0.0597. The van der Waals surface area contributed by atoms with Gasteiger partial charge in [-0.2, -0.15) is 0 Å². The summed E-state index contributed by atoms with van der Waals surface area (Å²) >= 11 is 0. The fourth-order valence-corrected chi connectivity index (χ4v) is 4.93. The van der Waals surface area contributed by atoms with Crippen molar-refractivity contribution in [3.63, 3.8) is 0 Å². The molecule has 0 saturated heterocycles. The molecule has 0 aliphatic heterocycles. The maximum Gasteiger partial charge on any atom is 0.253 e. The minimum atomic E-state index is -0.0597. The standard InChI is InChI=1S/C19H25N3O3/c1-10-6-15(12(3)22(10)17-7-11(2)25-21-17)19(24)20-18-14-5-4-13(8-14)16(18)9-23/h6-7,13-14,16,18,23H,4-5,8-9H2,1-3H3,(H,20,24). The predicted octanol–water partition coefficient (Wildman–Crippen LogP) is 2.53. The molecule has 4 unspecified atom stereocenters. The number of aliphatic hydroxyl groups excluding tert-OH is 1. The van der Waals surface area contributed by atoms with E-state index in [-0.39, 0.29) is 24.5 Å². The average molecular weight is 343 g/mol. The second-order valence-electron chi connectivity index (χ2n) is 7.59. The van der Waals surface area contributed by atoms with Crippen molar-refractivity contribution < 1.29 is 14.4 Å². The number of carbonyl (C=O) groups is 1. The van der Waals surface area contributed by atoms with E-state index < -0.39 is 0 Å². The third kappa shape index (κ3) is 2.59. The fourth-order valence-electron chi connectivity index (χ4n) is 4.93. The minimum Gasteiger partial charge on any atom is -0.396 e. The molecule has 2 saturated carbocycles. The second-order valence-corrected chi connectivity index (χ2v) is 7.59. The van der Waals surface area contributed by atoms with Crippen LogP contribution in [-0.2, 0) is 0 Å². The zero-order chi connectivity index (χ0) is 17.7. The van der Waals surface area contributed by atoms with E-state index in [0.29, 0.717) is 23.2 Å². The number of nitrogens with zero attached hydrogens (tertiary/aromatic N) is 2. The molecule has 2 bridgehead atoms. The molecule has 0 radical (unpaired) electrons. The number of amides is 1. The van der Waals surface area contributed by atoms with Crippen molar-refractivity contribution in [2.24, 2.45) is 17.8 Å². The van der Waals surface area contributed by atoms with Crippen molar-refractivity contribution in [2.45, 2.75) is 46.1 Å². The van der Waals surface area contributed by atoms with Crippen LogP contribution in [0.2, 0.25) is 0 Å². The van der Waals surface area contributed by atoms with Crippen molar-refractivity contribution in [1.29, 1.82) is 0 Å². The monoisotopic (exact) mass is 343 g/mol. The van der Waals surface area contributed by atoms with Crippen molar-refractivity contribution in [1.82, 2.24) is 15.0 Å². The van der Waals surface area contributed by atoms with Gasteiger partial charge in [0.1, 0.15) is 5.76 Å². The van der Waals surface area contributed by atoms with Gasteiger partial charge in [0.2, 0.25) is 0 Å². The van der Waals surface area contributed by atoms with Crippen LogP contribution in [0.4, 0.5) is 0 Å². The Morgan fingerprint density at radius 2 is 2.08 bits per heavy atom. The zero-order valence-electron chi connectivity index (χ0n) is 15.0. The summed E-state index contributed by atoms with van der Waals surface area (Å²) < 4.78 is 7.11. The van der Waals surface area contributed by atoms with Gasteiger partial charge in [-0.05, 0) is 57.9 Å².